The smallest absolute Gasteiger partial charge is 0.238 e. The first-order valence-electron chi connectivity index (χ1n) is 44.4. The average molecular weight is 1700 g/mol. The van der Waals surface area contributed by atoms with Gasteiger partial charge in [0.1, 0.15) is 33.5 Å². The van der Waals surface area contributed by atoms with Gasteiger partial charge in [0.15, 0.2) is 34.9 Å². The van der Waals surface area contributed by atoms with E-state index in [1.807, 2.05) is 133 Å². The predicted octanol–water partition coefficient (Wildman–Crippen LogP) is 29.3. The van der Waals surface area contributed by atoms with E-state index >= 15 is 0 Å². The van der Waals surface area contributed by atoms with Gasteiger partial charge in [-0.3, -0.25) is 13.7 Å². The van der Waals surface area contributed by atoms with Crippen molar-refractivity contribution in [3.8, 4) is 125 Å². The molecular formula is C117H67N13O3. The van der Waals surface area contributed by atoms with Gasteiger partial charge >= 0.3 is 0 Å². The Kier molecular flexibility index (Phi) is 16.1. The van der Waals surface area contributed by atoms with Crippen LogP contribution < -0.4 is 0 Å². The van der Waals surface area contributed by atoms with Gasteiger partial charge in [-0.25, -0.2) is 15.0 Å². The quantitative estimate of drug-likeness (QED) is 0.107. The highest BCUT2D eigenvalue weighted by atomic mass is 16.3. The molecule has 28 aromatic rings. The van der Waals surface area contributed by atoms with Crippen molar-refractivity contribution >= 4 is 153 Å². The topological polar surface area (TPSA) is 175 Å². The lowest BCUT2D eigenvalue weighted by atomic mass is 9.96. The monoisotopic (exact) mass is 1700 g/mol. The summed E-state index contributed by atoms with van der Waals surface area (Å²) in [6.45, 7) is 0. The van der Waals surface area contributed by atoms with Crippen LogP contribution in [0.1, 0.15) is 0 Å². The van der Waals surface area contributed by atoms with Crippen molar-refractivity contribution in [3.05, 3.63) is 406 Å². The first-order chi connectivity index (χ1) is 65.9. The molecule has 0 amide bonds. The molecule has 0 unspecified atom stereocenters. The van der Waals surface area contributed by atoms with Crippen LogP contribution in [0.15, 0.2) is 420 Å². The Morgan fingerprint density at radius 1 is 0.158 bits per heavy atom. The predicted molar refractivity (Wildman–Crippen MR) is 535 cm³/mol. The molecule has 0 N–H and O–H groups in total. The van der Waals surface area contributed by atoms with Crippen LogP contribution in [-0.4, -0.2) is 63.1 Å². The Morgan fingerprint density at radius 2 is 0.534 bits per heavy atom. The fraction of sp³-hybridized carbons (Fsp3) is 0. The summed E-state index contributed by atoms with van der Waals surface area (Å²) >= 11 is 0. The van der Waals surface area contributed by atoms with Gasteiger partial charge in [0.2, 0.25) is 17.8 Å². The number of nitrogens with zero attached hydrogens (tertiary/aromatic N) is 13. The molecule has 10 heterocycles. The van der Waals surface area contributed by atoms with E-state index in [0.717, 1.165) is 225 Å². The highest BCUT2D eigenvalue weighted by molar-refractivity contribution is 6.27. The number of hydrogen-bond donors (Lipinski definition) is 0. The second kappa shape index (κ2) is 29.1. The number of benzene rings is 18. The molecule has 0 bridgehead atoms. The highest BCUT2D eigenvalue weighted by Crippen LogP contribution is 2.49. The molecule has 133 heavy (non-hydrogen) atoms. The van der Waals surface area contributed by atoms with E-state index in [4.69, 9.17) is 58.1 Å². The summed E-state index contributed by atoms with van der Waals surface area (Å²) in [5.41, 5.74) is 24.8. The third-order valence-electron chi connectivity index (χ3n) is 26.4. The maximum atomic E-state index is 6.88. The molecule has 0 aliphatic carbocycles. The third-order valence-corrected chi connectivity index (χ3v) is 26.4. The van der Waals surface area contributed by atoms with E-state index < -0.39 is 0 Å². The van der Waals surface area contributed by atoms with Crippen LogP contribution in [0.25, 0.3) is 278 Å². The van der Waals surface area contributed by atoms with Gasteiger partial charge in [0.05, 0.1) is 44.1 Å². The second-order valence-corrected chi connectivity index (χ2v) is 33.9. The van der Waals surface area contributed by atoms with E-state index in [2.05, 4.69) is 291 Å². The van der Waals surface area contributed by atoms with E-state index in [-0.39, 0.29) is 0 Å². The lowest BCUT2D eigenvalue weighted by Crippen LogP contribution is -2.06. The van der Waals surface area contributed by atoms with Crippen molar-refractivity contribution in [2.45, 2.75) is 0 Å². The van der Waals surface area contributed by atoms with Gasteiger partial charge in [0, 0.05) is 127 Å². The lowest BCUT2D eigenvalue weighted by Gasteiger charge is -2.13. The minimum Gasteiger partial charge on any atom is -0.456 e. The fourth-order valence-corrected chi connectivity index (χ4v) is 20.3. The zero-order valence-corrected chi connectivity index (χ0v) is 70.7. The second-order valence-electron chi connectivity index (χ2n) is 33.9. The van der Waals surface area contributed by atoms with Crippen molar-refractivity contribution in [1.82, 2.24) is 63.1 Å². The Bertz CT molecular complexity index is 9660. The zero-order valence-electron chi connectivity index (χ0n) is 70.7. The van der Waals surface area contributed by atoms with Crippen molar-refractivity contribution in [2.24, 2.45) is 0 Å². The van der Waals surface area contributed by atoms with Crippen molar-refractivity contribution < 1.29 is 13.3 Å². The zero-order chi connectivity index (χ0) is 87.0. The van der Waals surface area contributed by atoms with Crippen LogP contribution in [0, 0.1) is 0 Å². The fourth-order valence-electron chi connectivity index (χ4n) is 20.3. The summed E-state index contributed by atoms with van der Waals surface area (Å²) < 4.78 is 29.0. The third kappa shape index (κ3) is 11.6. The molecule has 618 valence electrons. The molecule has 0 saturated heterocycles. The number of para-hydroxylation sites is 5. The largest absolute Gasteiger partial charge is 0.456 e. The summed E-state index contributed by atoms with van der Waals surface area (Å²) in [7, 11) is 0. The summed E-state index contributed by atoms with van der Waals surface area (Å²) in [4.78, 5) is 48.4. The van der Waals surface area contributed by atoms with E-state index in [1.54, 1.807) is 0 Å². The SMILES string of the molecule is c1ccc(-c2nc(-c3ccccc3)nc(-n3c4ccccc4c4cc5c(cc43)oc3cccc(-c4ccc(-c6ccc(-c7nc(-c8ccccc8)nc(-n8c9cc%10oc%11ccccc%11c%10cc9c9c(-c%10cccc(-c%11nc(-c%12ccccc%12)nc(-n%12c%13ccccc%13c%13ccc%14c(c%15ccccc%15n%14-c%14ccc%15oc%16ccccc%16c%15c%14)c%13%12)n%11)c%10)cccc98)n7)cc6)cc4)c35)n2)cc1. The summed E-state index contributed by atoms with van der Waals surface area (Å²) in [5.74, 6) is 4.71. The highest BCUT2D eigenvalue weighted by Gasteiger charge is 2.29. The minimum absolute atomic E-state index is 0.443. The molecule has 0 fully saturated rings. The number of fused-ring (bicyclic) bond motifs is 22. The molecular weight excluding hydrogens is 1640 g/mol. The lowest BCUT2D eigenvalue weighted by molar-refractivity contribution is 0.668. The van der Waals surface area contributed by atoms with Gasteiger partial charge in [-0.15, -0.1) is 0 Å². The summed E-state index contributed by atoms with van der Waals surface area (Å²) in [6, 6.07) is 141. The first-order valence-corrected chi connectivity index (χ1v) is 44.4. The van der Waals surface area contributed by atoms with Crippen molar-refractivity contribution in [2.75, 3.05) is 0 Å². The molecule has 0 atom stereocenters. The normalized spacial score (nSPS) is 12.1. The van der Waals surface area contributed by atoms with E-state index in [0.29, 0.717) is 52.8 Å². The molecule has 28 rings (SSSR count). The van der Waals surface area contributed by atoms with Crippen molar-refractivity contribution in [3.63, 3.8) is 0 Å². The van der Waals surface area contributed by atoms with Crippen LogP contribution in [0.2, 0.25) is 0 Å². The summed E-state index contributed by atoms with van der Waals surface area (Å²) in [6.07, 6.45) is 0. The van der Waals surface area contributed by atoms with Gasteiger partial charge in [0.25, 0.3) is 0 Å². The number of furan rings is 3. The number of hydrogen-bond acceptors (Lipinski definition) is 12. The number of aromatic nitrogens is 13. The molecule has 16 nitrogen and oxygen atoms in total. The molecule has 0 aliphatic heterocycles. The van der Waals surface area contributed by atoms with Crippen LogP contribution in [0.4, 0.5) is 0 Å². The Morgan fingerprint density at radius 3 is 1.13 bits per heavy atom. The molecule has 0 aliphatic rings. The molecule has 16 heteroatoms. The van der Waals surface area contributed by atoms with Gasteiger partial charge in [-0.05, 0) is 118 Å². The number of rotatable bonds is 13. The van der Waals surface area contributed by atoms with Gasteiger partial charge in [-0.1, -0.05) is 309 Å². The average Bonchev–Trinajstić information content (AvgIpc) is 1.54. The standard InChI is InChI=1S/C117H67N13O3/c1-5-26-71(27-6-1)109-118-110(72-28-7-2-8-29-72)122-115(121-109)128-92-43-18-14-37-82(92)87-64-91-104(66-97(87)128)133-102-49-25-42-79(106(91)102)70-54-50-68(51-55-70)69-52-56-75(57-53-69)113-119-111(73-30-9-3-10-31-73)123-116(124-113)129-95-46-24-41-80(105(95)90-65-89-84-39-17-22-48-100(84)132-103(89)67-98(90)129)76-34-23-35-77(62-76)114-120-112(74-32-11-4-12-33-74)125-117(126-114)130-93-44-19-13-36-81(93)85-59-60-96-107(108(85)130)86-40-15-20-45-94(86)127(96)78-58-61-101-88(63-78)83-38-16-21-47-99(83)131-101/h1-67H. The van der Waals surface area contributed by atoms with Crippen LogP contribution >= 0.6 is 0 Å². The Labute approximate surface area is 756 Å². The molecule has 18 aromatic carbocycles. The van der Waals surface area contributed by atoms with E-state index in [9.17, 15) is 0 Å². The minimum atomic E-state index is 0.443. The maximum Gasteiger partial charge on any atom is 0.238 e. The van der Waals surface area contributed by atoms with Gasteiger partial charge < -0.3 is 17.8 Å². The Hall–Kier alpha value is -18.4. The molecule has 0 radical (unpaired) electrons. The van der Waals surface area contributed by atoms with Crippen LogP contribution in [-0.2, 0) is 0 Å². The molecule has 0 spiro atoms. The molecule has 10 aromatic heterocycles. The molecule has 0 saturated carbocycles. The Balaban J connectivity index is 0.555. The maximum absolute atomic E-state index is 6.88. The van der Waals surface area contributed by atoms with Gasteiger partial charge in [-0.2, -0.15) is 29.9 Å². The van der Waals surface area contributed by atoms with Crippen LogP contribution in [0.5, 0.6) is 0 Å². The van der Waals surface area contributed by atoms with E-state index in [1.165, 1.54) is 0 Å². The van der Waals surface area contributed by atoms with Crippen molar-refractivity contribution in [1.29, 1.82) is 0 Å². The first kappa shape index (κ1) is 73.7. The summed E-state index contributed by atoms with van der Waals surface area (Å²) in [5, 5.41) is 14.6. The van der Waals surface area contributed by atoms with Crippen LogP contribution in [0.3, 0.4) is 0 Å².